The monoisotopic (exact) mass is 482 g/mol. The highest BCUT2D eigenvalue weighted by molar-refractivity contribution is 5.89. The third-order valence-corrected chi connectivity index (χ3v) is 6.92. The van der Waals surface area contributed by atoms with E-state index in [1.807, 2.05) is 78.3 Å². The number of amides is 2. The van der Waals surface area contributed by atoms with E-state index >= 15 is 0 Å². The summed E-state index contributed by atoms with van der Waals surface area (Å²) in [7, 11) is 1.97. The van der Waals surface area contributed by atoms with Crippen molar-refractivity contribution in [3.8, 4) is 5.75 Å². The van der Waals surface area contributed by atoms with Gasteiger partial charge in [0.2, 0.25) is 11.8 Å². The largest absolute Gasteiger partial charge is 0.508 e. The van der Waals surface area contributed by atoms with Crippen molar-refractivity contribution in [1.82, 2.24) is 19.8 Å². The van der Waals surface area contributed by atoms with Crippen LogP contribution in [0.2, 0.25) is 0 Å². The van der Waals surface area contributed by atoms with Crippen LogP contribution in [0, 0.1) is 5.92 Å². The highest BCUT2D eigenvalue weighted by Gasteiger charge is 2.35. The molecule has 0 saturated carbocycles. The number of carbonyl (C=O) groups excluding carboxylic acids is 2. The molecule has 1 fully saturated rings. The second kappa shape index (κ2) is 10.2. The lowest BCUT2D eigenvalue weighted by Gasteiger charge is -2.21. The minimum absolute atomic E-state index is 0.00346. The number of aromatic nitrogens is 2. The van der Waals surface area contributed by atoms with Crippen LogP contribution in [0.15, 0.2) is 78.9 Å². The van der Waals surface area contributed by atoms with E-state index in [2.05, 4.69) is 5.32 Å². The van der Waals surface area contributed by atoms with Crippen LogP contribution in [-0.2, 0) is 29.5 Å². The average Bonchev–Trinajstić information content (AvgIpc) is 3.43. The smallest absolute Gasteiger partial charge is 0.226 e. The molecule has 0 radical (unpaired) electrons. The fourth-order valence-corrected chi connectivity index (χ4v) is 4.91. The summed E-state index contributed by atoms with van der Waals surface area (Å²) in [5, 5.41) is 12.7. The van der Waals surface area contributed by atoms with E-state index in [-0.39, 0.29) is 30.0 Å². The van der Waals surface area contributed by atoms with Crippen LogP contribution >= 0.6 is 0 Å². The van der Waals surface area contributed by atoms with Crippen molar-refractivity contribution < 1.29 is 14.7 Å². The highest BCUT2D eigenvalue weighted by atomic mass is 16.3. The molecule has 36 heavy (non-hydrogen) atoms. The van der Waals surface area contributed by atoms with E-state index < -0.39 is 5.92 Å². The Morgan fingerprint density at radius 1 is 1.03 bits per heavy atom. The molecule has 1 saturated heterocycles. The number of hydrogen-bond acceptors (Lipinski definition) is 4. The molecule has 0 spiro atoms. The molecule has 0 unspecified atom stereocenters. The van der Waals surface area contributed by atoms with E-state index in [9.17, 15) is 14.7 Å². The molecule has 0 bridgehead atoms. The number of carbonyl (C=O) groups is 2. The topological polar surface area (TPSA) is 87.5 Å². The van der Waals surface area contributed by atoms with Gasteiger partial charge in [-0.25, -0.2) is 4.98 Å². The SMILES string of the molecule is Cn1c([C@@H](Cc2ccccc2)NC(=O)[C@H]2CC(=O)N(CCc3ccc(O)cc3)C2)nc2ccccc21. The standard InChI is InChI=1S/C29H30N4O3/c1-32-26-10-6-5-9-24(26)30-28(32)25(17-21-7-3-2-4-8-21)31-29(36)22-18-27(35)33(19-22)16-15-20-11-13-23(34)14-12-20/h2-14,22,25,34H,15-19H2,1H3,(H,31,36)/t22-,25+/m0/s1. The molecule has 2 amide bonds. The molecule has 7 heteroatoms. The molecule has 2 atom stereocenters. The van der Waals surface area contributed by atoms with Gasteiger partial charge in [-0.1, -0.05) is 54.6 Å². The quantitative estimate of drug-likeness (QED) is 0.400. The Hall–Kier alpha value is -4.13. The van der Waals surface area contributed by atoms with Crippen LogP contribution in [0.4, 0.5) is 0 Å². The predicted octanol–water partition coefficient (Wildman–Crippen LogP) is 3.77. The lowest BCUT2D eigenvalue weighted by Crippen LogP contribution is -2.37. The van der Waals surface area contributed by atoms with Crippen molar-refractivity contribution in [1.29, 1.82) is 0 Å². The Kier molecular flexibility index (Phi) is 6.71. The number of hydrogen-bond donors (Lipinski definition) is 2. The van der Waals surface area contributed by atoms with Gasteiger partial charge >= 0.3 is 0 Å². The molecule has 3 aromatic carbocycles. The number of fused-ring (bicyclic) bond motifs is 1. The first-order chi connectivity index (χ1) is 17.5. The summed E-state index contributed by atoms with van der Waals surface area (Å²) >= 11 is 0. The summed E-state index contributed by atoms with van der Waals surface area (Å²) in [6.07, 6.45) is 1.49. The van der Waals surface area contributed by atoms with E-state index in [0.717, 1.165) is 28.0 Å². The number of nitrogens with one attached hydrogen (secondary N) is 1. The molecule has 5 rings (SSSR count). The molecular weight excluding hydrogens is 452 g/mol. The Bertz CT molecular complexity index is 1360. The maximum Gasteiger partial charge on any atom is 0.226 e. The molecule has 2 N–H and O–H groups in total. The third-order valence-electron chi connectivity index (χ3n) is 6.92. The molecule has 2 heterocycles. The van der Waals surface area contributed by atoms with Gasteiger partial charge in [0.05, 0.1) is 23.0 Å². The van der Waals surface area contributed by atoms with Gasteiger partial charge in [0, 0.05) is 26.6 Å². The summed E-state index contributed by atoms with van der Waals surface area (Å²) in [6, 6.07) is 24.7. The van der Waals surface area contributed by atoms with E-state index in [0.29, 0.717) is 25.9 Å². The average molecular weight is 483 g/mol. The number of benzene rings is 3. The van der Waals surface area contributed by atoms with Crippen LogP contribution in [0.1, 0.15) is 29.4 Å². The van der Waals surface area contributed by atoms with Crippen molar-refractivity contribution in [3.63, 3.8) is 0 Å². The predicted molar refractivity (Wildman–Crippen MR) is 138 cm³/mol. The van der Waals surface area contributed by atoms with Crippen LogP contribution in [0.3, 0.4) is 0 Å². The normalized spacial score (nSPS) is 16.4. The van der Waals surface area contributed by atoms with E-state index in [1.54, 1.807) is 17.0 Å². The minimum atomic E-state index is -0.398. The van der Waals surface area contributed by atoms with Crippen LogP contribution in [0.5, 0.6) is 5.75 Å². The summed E-state index contributed by atoms with van der Waals surface area (Å²) in [4.78, 5) is 32.7. The first kappa shape index (κ1) is 23.6. The molecule has 7 nitrogen and oxygen atoms in total. The first-order valence-corrected chi connectivity index (χ1v) is 12.3. The summed E-state index contributed by atoms with van der Waals surface area (Å²) in [5.74, 6) is 0.491. The number of phenolic OH excluding ortho intramolecular Hbond substituents is 1. The number of likely N-dealkylation sites (tertiary alicyclic amines) is 1. The number of aromatic hydroxyl groups is 1. The number of imidazole rings is 1. The minimum Gasteiger partial charge on any atom is -0.508 e. The highest BCUT2D eigenvalue weighted by Crippen LogP contribution is 2.25. The molecule has 1 aromatic heterocycles. The van der Waals surface area contributed by atoms with Gasteiger partial charge in [0.15, 0.2) is 0 Å². The lowest BCUT2D eigenvalue weighted by molar-refractivity contribution is -0.129. The lowest BCUT2D eigenvalue weighted by atomic mass is 10.0. The van der Waals surface area contributed by atoms with Gasteiger partial charge in [-0.15, -0.1) is 0 Å². The van der Waals surface area contributed by atoms with Gasteiger partial charge in [0.1, 0.15) is 11.6 Å². The van der Waals surface area contributed by atoms with E-state index in [4.69, 9.17) is 4.98 Å². The fraction of sp³-hybridized carbons (Fsp3) is 0.276. The van der Waals surface area contributed by atoms with Crippen molar-refractivity contribution in [2.75, 3.05) is 13.1 Å². The Morgan fingerprint density at radius 2 is 1.75 bits per heavy atom. The molecule has 0 aliphatic carbocycles. The number of para-hydroxylation sites is 2. The number of phenols is 1. The Morgan fingerprint density at radius 3 is 2.50 bits per heavy atom. The van der Waals surface area contributed by atoms with E-state index in [1.165, 1.54) is 0 Å². The number of aryl methyl sites for hydroxylation is 1. The number of rotatable bonds is 8. The van der Waals surface area contributed by atoms with Gasteiger partial charge in [0.25, 0.3) is 0 Å². The Balaban J connectivity index is 1.30. The Labute approximate surface area is 210 Å². The second-order valence-electron chi connectivity index (χ2n) is 9.43. The zero-order valence-electron chi connectivity index (χ0n) is 20.3. The molecular formula is C29H30N4O3. The molecule has 4 aromatic rings. The van der Waals surface area contributed by atoms with Crippen LogP contribution in [-0.4, -0.2) is 44.5 Å². The van der Waals surface area contributed by atoms with Crippen molar-refractivity contribution in [3.05, 3.63) is 95.8 Å². The number of nitrogens with zero attached hydrogens (tertiary/aromatic N) is 3. The van der Waals surface area contributed by atoms with Crippen LogP contribution < -0.4 is 5.32 Å². The van der Waals surface area contributed by atoms with Crippen molar-refractivity contribution >= 4 is 22.8 Å². The fourth-order valence-electron chi connectivity index (χ4n) is 4.91. The van der Waals surface area contributed by atoms with Gasteiger partial charge in [-0.3, -0.25) is 9.59 Å². The zero-order valence-corrected chi connectivity index (χ0v) is 20.3. The second-order valence-corrected chi connectivity index (χ2v) is 9.43. The van der Waals surface area contributed by atoms with Crippen LogP contribution in [0.25, 0.3) is 11.0 Å². The molecule has 1 aliphatic rings. The van der Waals surface area contributed by atoms with Crippen molar-refractivity contribution in [2.24, 2.45) is 13.0 Å². The van der Waals surface area contributed by atoms with Crippen molar-refractivity contribution in [2.45, 2.75) is 25.3 Å². The summed E-state index contributed by atoms with van der Waals surface area (Å²) < 4.78 is 2.03. The van der Waals surface area contributed by atoms with Gasteiger partial charge < -0.3 is 19.9 Å². The molecule has 184 valence electrons. The van der Waals surface area contributed by atoms with Gasteiger partial charge in [-0.05, 0) is 48.2 Å². The maximum atomic E-state index is 13.4. The summed E-state index contributed by atoms with van der Waals surface area (Å²) in [5.41, 5.74) is 4.04. The molecule has 1 aliphatic heterocycles. The third kappa shape index (κ3) is 5.10. The first-order valence-electron chi connectivity index (χ1n) is 12.3. The summed E-state index contributed by atoms with van der Waals surface area (Å²) in [6.45, 7) is 0.953. The zero-order chi connectivity index (χ0) is 25.1. The van der Waals surface area contributed by atoms with Gasteiger partial charge in [-0.2, -0.15) is 0 Å². The maximum absolute atomic E-state index is 13.4.